The van der Waals surface area contributed by atoms with Crippen LogP contribution in [0.25, 0.3) is 16.6 Å². The number of nitrogens with zero attached hydrogens (tertiary/aromatic N) is 5. The Morgan fingerprint density at radius 1 is 1.14 bits per heavy atom. The molecule has 1 aromatic carbocycles. The minimum atomic E-state index is -0.106. The Hall–Kier alpha value is -2.67. The van der Waals surface area contributed by atoms with Crippen molar-refractivity contribution in [1.29, 1.82) is 0 Å². The summed E-state index contributed by atoms with van der Waals surface area (Å²) in [5.41, 5.74) is 4.81. The van der Waals surface area contributed by atoms with Crippen molar-refractivity contribution in [3.05, 3.63) is 45.5 Å². The van der Waals surface area contributed by atoms with Crippen LogP contribution in [-0.2, 0) is 0 Å². The number of H-pyrrole nitrogens is 1. The molecule has 3 heterocycles. The first-order valence-electron chi connectivity index (χ1n) is 10.4. The standard InChI is InChI=1S/C22H30N6O/c1-15-16(2)25-28(17(15)3)18-8-9-19-20(14-18)23-22(24-21(19)29)26(4)12-13-27-10-6-5-7-11-27/h8-9,14H,5-7,10-13H2,1-4H3,(H,23,24,29). The Kier molecular flexibility index (Phi) is 5.41. The molecule has 7 nitrogen and oxygen atoms in total. The van der Waals surface area contributed by atoms with Crippen molar-refractivity contribution >= 4 is 16.9 Å². The van der Waals surface area contributed by atoms with Crippen molar-refractivity contribution in [3.8, 4) is 5.69 Å². The first-order valence-corrected chi connectivity index (χ1v) is 10.4. The summed E-state index contributed by atoms with van der Waals surface area (Å²) in [6, 6.07) is 5.71. The lowest BCUT2D eigenvalue weighted by atomic mass is 10.1. The average Bonchev–Trinajstić information content (AvgIpc) is 2.99. The SMILES string of the molecule is Cc1nn(-c2ccc3c(=O)[nH]c(N(C)CCN4CCCCC4)nc3c2)c(C)c1C. The van der Waals surface area contributed by atoms with Crippen LogP contribution in [0.3, 0.4) is 0 Å². The molecule has 3 aromatic rings. The number of aromatic nitrogens is 4. The Morgan fingerprint density at radius 3 is 2.59 bits per heavy atom. The topological polar surface area (TPSA) is 70.1 Å². The summed E-state index contributed by atoms with van der Waals surface area (Å²) in [4.78, 5) is 24.8. The summed E-state index contributed by atoms with van der Waals surface area (Å²) in [6.07, 6.45) is 3.90. The van der Waals surface area contributed by atoms with Crippen LogP contribution in [0, 0.1) is 20.8 Å². The van der Waals surface area contributed by atoms with E-state index in [4.69, 9.17) is 4.98 Å². The molecule has 1 aliphatic rings. The Bertz CT molecular complexity index is 1080. The molecule has 29 heavy (non-hydrogen) atoms. The zero-order valence-corrected chi connectivity index (χ0v) is 17.8. The maximum absolute atomic E-state index is 12.6. The zero-order chi connectivity index (χ0) is 20.5. The van der Waals surface area contributed by atoms with Crippen molar-refractivity contribution in [2.45, 2.75) is 40.0 Å². The molecule has 0 unspecified atom stereocenters. The van der Waals surface area contributed by atoms with E-state index in [1.54, 1.807) is 0 Å². The van der Waals surface area contributed by atoms with Crippen molar-refractivity contribution in [2.75, 3.05) is 38.1 Å². The van der Waals surface area contributed by atoms with Gasteiger partial charge in [0.25, 0.3) is 5.56 Å². The number of fused-ring (bicyclic) bond motifs is 1. The third-order valence-electron chi connectivity index (χ3n) is 6.14. The number of aromatic amines is 1. The molecule has 0 saturated carbocycles. The first-order chi connectivity index (χ1) is 13.9. The Labute approximate surface area is 171 Å². The normalized spacial score (nSPS) is 15.2. The number of hydrogen-bond acceptors (Lipinski definition) is 5. The van der Waals surface area contributed by atoms with Gasteiger partial charge in [-0.1, -0.05) is 6.42 Å². The predicted molar refractivity (Wildman–Crippen MR) is 117 cm³/mol. The number of likely N-dealkylation sites (N-methyl/N-ethyl adjacent to an activating group) is 1. The van der Waals surface area contributed by atoms with Gasteiger partial charge < -0.3 is 9.80 Å². The van der Waals surface area contributed by atoms with Crippen molar-refractivity contribution in [3.63, 3.8) is 0 Å². The number of piperidine rings is 1. The van der Waals surface area contributed by atoms with Crippen LogP contribution >= 0.6 is 0 Å². The third kappa shape index (κ3) is 3.92. The monoisotopic (exact) mass is 394 g/mol. The summed E-state index contributed by atoms with van der Waals surface area (Å²) in [6.45, 7) is 10.3. The quantitative estimate of drug-likeness (QED) is 0.720. The highest BCUT2D eigenvalue weighted by Gasteiger charge is 2.14. The van der Waals surface area contributed by atoms with E-state index in [-0.39, 0.29) is 5.56 Å². The molecular weight excluding hydrogens is 364 g/mol. The predicted octanol–water partition coefficient (Wildman–Crippen LogP) is 2.96. The largest absolute Gasteiger partial charge is 0.344 e. The smallest absolute Gasteiger partial charge is 0.260 e. The maximum atomic E-state index is 12.6. The fourth-order valence-corrected chi connectivity index (χ4v) is 3.98. The van der Waals surface area contributed by atoms with Gasteiger partial charge in [-0.15, -0.1) is 0 Å². The van der Waals surface area contributed by atoms with Crippen LogP contribution in [0.1, 0.15) is 36.2 Å². The van der Waals surface area contributed by atoms with Gasteiger partial charge in [-0.3, -0.25) is 9.78 Å². The lowest BCUT2D eigenvalue weighted by molar-refractivity contribution is 0.234. The highest BCUT2D eigenvalue weighted by molar-refractivity contribution is 5.80. The molecule has 2 aromatic heterocycles. The van der Waals surface area contributed by atoms with Gasteiger partial charge in [-0.2, -0.15) is 5.10 Å². The molecule has 4 rings (SSSR count). The molecule has 0 spiro atoms. The number of benzene rings is 1. The third-order valence-corrected chi connectivity index (χ3v) is 6.14. The summed E-state index contributed by atoms with van der Waals surface area (Å²) >= 11 is 0. The summed E-state index contributed by atoms with van der Waals surface area (Å²) < 4.78 is 1.92. The highest BCUT2D eigenvalue weighted by Crippen LogP contribution is 2.20. The second kappa shape index (κ2) is 7.99. The number of nitrogens with one attached hydrogen (secondary N) is 1. The van der Waals surface area contributed by atoms with Crippen LogP contribution in [0.4, 0.5) is 5.95 Å². The molecule has 0 radical (unpaired) electrons. The van der Waals surface area contributed by atoms with E-state index in [1.807, 2.05) is 41.8 Å². The molecular formula is C22H30N6O. The van der Waals surface area contributed by atoms with Crippen molar-refractivity contribution in [2.24, 2.45) is 0 Å². The molecule has 1 aliphatic heterocycles. The van der Waals surface area contributed by atoms with E-state index < -0.39 is 0 Å². The fraction of sp³-hybridized carbons (Fsp3) is 0.500. The lowest BCUT2D eigenvalue weighted by Crippen LogP contribution is -2.37. The van der Waals surface area contributed by atoms with Crippen LogP contribution in [0.15, 0.2) is 23.0 Å². The van der Waals surface area contributed by atoms with Gasteiger partial charge in [-0.05, 0) is 70.5 Å². The van der Waals surface area contributed by atoms with Crippen molar-refractivity contribution in [1.82, 2.24) is 24.6 Å². The minimum absolute atomic E-state index is 0.106. The van der Waals surface area contributed by atoms with Gasteiger partial charge in [0.1, 0.15) is 0 Å². The summed E-state index contributed by atoms with van der Waals surface area (Å²) in [5, 5.41) is 5.23. The average molecular weight is 395 g/mol. The van der Waals surface area contributed by atoms with Crippen LogP contribution < -0.4 is 10.5 Å². The van der Waals surface area contributed by atoms with Crippen LogP contribution in [-0.4, -0.2) is 57.9 Å². The molecule has 1 N–H and O–H groups in total. The lowest BCUT2D eigenvalue weighted by Gasteiger charge is -2.28. The number of aryl methyl sites for hydroxylation is 1. The minimum Gasteiger partial charge on any atom is -0.344 e. The molecule has 154 valence electrons. The number of anilines is 1. The van der Waals surface area contributed by atoms with Gasteiger partial charge in [-0.25, -0.2) is 9.67 Å². The Balaban J connectivity index is 1.62. The second-order valence-electron chi connectivity index (χ2n) is 8.12. The van der Waals surface area contributed by atoms with E-state index in [1.165, 1.54) is 37.9 Å². The van der Waals surface area contributed by atoms with E-state index in [2.05, 4.69) is 28.8 Å². The van der Waals surface area contributed by atoms with E-state index >= 15 is 0 Å². The van der Waals surface area contributed by atoms with E-state index in [0.29, 0.717) is 16.9 Å². The van der Waals surface area contributed by atoms with Gasteiger partial charge in [0.05, 0.1) is 22.3 Å². The summed E-state index contributed by atoms with van der Waals surface area (Å²) in [7, 11) is 1.99. The van der Waals surface area contributed by atoms with E-state index in [9.17, 15) is 4.79 Å². The van der Waals surface area contributed by atoms with Gasteiger partial charge in [0.2, 0.25) is 5.95 Å². The molecule has 0 atom stereocenters. The molecule has 1 fully saturated rings. The highest BCUT2D eigenvalue weighted by atomic mass is 16.1. The zero-order valence-electron chi connectivity index (χ0n) is 17.8. The molecule has 0 bridgehead atoms. The maximum Gasteiger partial charge on any atom is 0.260 e. The number of likely N-dealkylation sites (tertiary alicyclic amines) is 1. The summed E-state index contributed by atoms with van der Waals surface area (Å²) in [5.74, 6) is 0.612. The number of hydrogen-bond donors (Lipinski definition) is 1. The second-order valence-corrected chi connectivity index (χ2v) is 8.12. The first kappa shape index (κ1) is 19.6. The van der Waals surface area contributed by atoms with Gasteiger partial charge in [0, 0.05) is 25.8 Å². The van der Waals surface area contributed by atoms with Gasteiger partial charge in [0.15, 0.2) is 0 Å². The molecule has 0 aliphatic carbocycles. The van der Waals surface area contributed by atoms with Gasteiger partial charge >= 0.3 is 0 Å². The fourth-order valence-electron chi connectivity index (χ4n) is 3.98. The van der Waals surface area contributed by atoms with Crippen molar-refractivity contribution < 1.29 is 0 Å². The Morgan fingerprint density at radius 2 is 1.90 bits per heavy atom. The molecule has 1 saturated heterocycles. The van der Waals surface area contributed by atoms with Crippen LogP contribution in [0.5, 0.6) is 0 Å². The van der Waals surface area contributed by atoms with Crippen LogP contribution in [0.2, 0.25) is 0 Å². The molecule has 0 amide bonds. The molecule has 7 heteroatoms. The van der Waals surface area contributed by atoms with E-state index in [0.717, 1.165) is 30.2 Å². The number of rotatable bonds is 5.